The van der Waals surface area contributed by atoms with E-state index < -0.39 is 12.0 Å². The van der Waals surface area contributed by atoms with Crippen LogP contribution in [-0.2, 0) is 4.79 Å². The van der Waals surface area contributed by atoms with Gasteiger partial charge in [0.05, 0.1) is 19.6 Å². The molecule has 0 bridgehead atoms. The molecule has 0 amide bonds. The molecule has 0 radical (unpaired) electrons. The summed E-state index contributed by atoms with van der Waals surface area (Å²) in [6, 6.07) is 9.04. The van der Waals surface area contributed by atoms with E-state index >= 15 is 0 Å². The summed E-state index contributed by atoms with van der Waals surface area (Å²) in [5.41, 5.74) is 0.843. The number of rotatable bonds is 7. The average Bonchev–Trinajstić information content (AvgIpc) is 2.43. The van der Waals surface area contributed by atoms with Crippen LogP contribution in [0.15, 0.2) is 24.3 Å². The summed E-state index contributed by atoms with van der Waals surface area (Å²) in [4.78, 5) is 12.5. The summed E-state index contributed by atoms with van der Waals surface area (Å²) in [6.07, 6.45) is 0.0299. The summed E-state index contributed by atoms with van der Waals surface area (Å²) < 4.78 is 5.07. The van der Waals surface area contributed by atoms with Crippen LogP contribution in [-0.4, -0.2) is 36.2 Å². The number of nitriles is 1. The maximum absolute atomic E-state index is 10.6. The van der Waals surface area contributed by atoms with Crippen molar-refractivity contribution in [1.82, 2.24) is 4.90 Å². The van der Waals surface area contributed by atoms with E-state index in [9.17, 15) is 10.1 Å². The van der Waals surface area contributed by atoms with Gasteiger partial charge in [0, 0.05) is 6.54 Å². The Morgan fingerprint density at radius 3 is 2.53 bits per heavy atom. The first-order valence-corrected chi connectivity index (χ1v) is 6.11. The molecule has 5 nitrogen and oxygen atoms in total. The van der Waals surface area contributed by atoms with Gasteiger partial charge in [-0.05, 0) is 24.2 Å². The van der Waals surface area contributed by atoms with Crippen molar-refractivity contribution in [2.24, 2.45) is 0 Å². The van der Waals surface area contributed by atoms with Crippen molar-refractivity contribution in [1.29, 1.82) is 5.26 Å². The number of methoxy groups -OCH3 is 1. The second-order valence-corrected chi connectivity index (χ2v) is 4.08. The number of carboxylic acid groups (broad SMARTS) is 1. The standard InChI is InChI=1S/C14H18N2O3/c1-3-16(9-8-14(17)18)13(10-15)11-4-6-12(19-2)7-5-11/h4-7,13H,3,8-9H2,1-2H3,(H,17,18). The number of carboxylic acids is 1. The molecule has 0 heterocycles. The molecule has 0 saturated heterocycles. The molecule has 1 atom stereocenters. The third kappa shape index (κ3) is 4.27. The zero-order valence-corrected chi connectivity index (χ0v) is 11.2. The van der Waals surface area contributed by atoms with Gasteiger partial charge in [-0.2, -0.15) is 5.26 Å². The summed E-state index contributed by atoms with van der Waals surface area (Å²) in [7, 11) is 1.59. The zero-order chi connectivity index (χ0) is 14.3. The Morgan fingerprint density at radius 2 is 2.11 bits per heavy atom. The fraction of sp³-hybridized carbons (Fsp3) is 0.429. The third-order valence-corrected chi connectivity index (χ3v) is 2.94. The van der Waals surface area contributed by atoms with E-state index in [1.165, 1.54) is 0 Å². The van der Waals surface area contributed by atoms with Crippen LogP contribution < -0.4 is 4.74 Å². The van der Waals surface area contributed by atoms with Crippen molar-refractivity contribution >= 4 is 5.97 Å². The first-order chi connectivity index (χ1) is 9.12. The average molecular weight is 262 g/mol. The molecule has 0 aliphatic heterocycles. The maximum atomic E-state index is 10.6. The van der Waals surface area contributed by atoms with Crippen molar-refractivity contribution in [3.63, 3.8) is 0 Å². The van der Waals surface area contributed by atoms with Gasteiger partial charge in [-0.25, -0.2) is 0 Å². The van der Waals surface area contributed by atoms with Gasteiger partial charge in [-0.3, -0.25) is 9.69 Å². The first-order valence-electron chi connectivity index (χ1n) is 6.11. The van der Waals surface area contributed by atoms with Crippen LogP contribution in [0, 0.1) is 11.3 Å². The Hall–Kier alpha value is -2.06. The van der Waals surface area contributed by atoms with Crippen molar-refractivity contribution < 1.29 is 14.6 Å². The number of ether oxygens (including phenoxy) is 1. The van der Waals surface area contributed by atoms with Gasteiger partial charge < -0.3 is 9.84 Å². The number of nitrogens with zero attached hydrogens (tertiary/aromatic N) is 2. The molecular weight excluding hydrogens is 244 g/mol. The van der Waals surface area contributed by atoms with Gasteiger partial charge in [0.15, 0.2) is 0 Å². The summed E-state index contributed by atoms with van der Waals surface area (Å²) in [5, 5.41) is 18.0. The van der Waals surface area contributed by atoms with Crippen LogP contribution in [0.2, 0.25) is 0 Å². The molecule has 0 fully saturated rings. The van der Waals surface area contributed by atoms with Crippen LogP contribution in [0.25, 0.3) is 0 Å². The van der Waals surface area contributed by atoms with E-state index in [0.717, 1.165) is 11.3 Å². The van der Waals surface area contributed by atoms with E-state index in [4.69, 9.17) is 9.84 Å². The number of hydrogen-bond acceptors (Lipinski definition) is 4. The molecule has 0 aliphatic carbocycles. The Morgan fingerprint density at radius 1 is 1.47 bits per heavy atom. The lowest BCUT2D eigenvalue weighted by atomic mass is 10.1. The number of aliphatic carboxylic acids is 1. The summed E-state index contributed by atoms with van der Waals surface area (Å²) in [5.74, 6) is -0.126. The van der Waals surface area contributed by atoms with Crippen molar-refractivity contribution in [3.8, 4) is 11.8 Å². The zero-order valence-electron chi connectivity index (χ0n) is 11.2. The van der Waals surface area contributed by atoms with E-state index in [2.05, 4.69) is 6.07 Å². The van der Waals surface area contributed by atoms with E-state index in [-0.39, 0.29) is 6.42 Å². The predicted octanol–water partition coefficient (Wildman–Crippen LogP) is 2.06. The molecule has 0 aliphatic rings. The van der Waals surface area contributed by atoms with E-state index in [0.29, 0.717) is 13.1 Å². The SMILES string of the molecule is CCN(CCC(=O)O)C(C#N)c1ccc(OC)cc1. The Balaban J connectivity index is 2.84. The third-order valence-electron chi connectivity index (χ3n) is 2.94. The minimum absolute atomic E-state index is 0.0299. The highest BCUT2D eigenvalue weighted by Crippen LogP contribution is 2.22. The lowest BCUT2D eigenvalue weighted by Crippen LogP contribution is -2.30. The highest BCUT2D eigenvalue weighted by molar-refractivity contribution is 5.66. The summed E-state index contributed by atoms with van der Waals surface area (Å²) in [6.45, 7) is 2.89. The first kappa shape index (κ1) is 15.0. The van der Waals surface area contributed by atoms with Gasteiger partial charge in [0.25, 0.3) is 0 Å². The Kier molecular flexibility index (Phi) is 5.83. The highest BCUT2D eigenvalue weighted by atomic mass is 16.5. The van der Waals surface area contributed by atoms with Gasteiger partial charge in [0.2, 0.25) is 0 Å². The lowest BCUT2D eigenvalue weighted by Gasteiger charge is -2.25. The van der Waals surface area contributed by atoms with Crippen LogP contribution in [0.5, 0.6) is 5.75 Å². The predicted molar refractivity (Wildman–Crippen MR) is 70.8 cm³/mol. The Bertz CT molecular complexity index is 451. The van der Waals surface area contributed by atoms with Gasteiger partial charge in [-0.15, -0.1) is 0 Å². The molecule has 0 spiro atoms. The van der Waals surface area contributed by atoms with Crippen LogP contribution in [0.4, 0.5) is 0 Å². The van der Waals surface area contributed by atoms with Crippen LogP contribution in [0.3, 0.4) is 0 Å². The molecule has 102 valence electrons. The maximum Gasteiger partial charge on any atom is 0.304 e. The van der Waals surface area contributed by atoms with E-state index in [1.807, 2.05) is 24.0 Å². The van der Waals surface area contributed by atoms with Crippen molar-refractivity contribution in [2.45, 2.75) is 19.4 Å². The van der Waals surface area contributed by atoms with Gasteiger partial charge >= 0.3 is 5.97 Å². The number of hydrogen-bond donors (Lipinski definition) is 1. The Labute approximate surface area is 113 Å². The fourth-order valence-corrected chi connectivity index (χ4v) is 1.86. The van der Waals surface area contributed by atoms with Gasteiger partial charge in [0.1, 0.15) is 11.8 Å². The minimum Gasteiger partial charge on any atom is -0.497 e. The molecule has 1 unspecified atom stereocenters. The topological polar surface area (TPSA) is 73.6 Å². The highest BCUT2D eigenvalue weighted by Gasteiger charge is 2.19. The van der Waals surface area contributed by atoms with E-state index in [1.54, 1.807) is 19.2 Å². The normalized spacial score (nSPS) is 11.9. The molecular formula is C14H18N2O3. The fourth-order valence-electron chi connectivity index (χ4n) is 1.86. The van der Waals surface area contributed by atoms with Crippen LogP contribution >= 0.6 is 0 Å². The number of benzene rings is 1. The second-order valence-electron chi connectivity index (χ2n) is 4.08. The monoisotopic (exact) mass is 262 g/mol. The largest absolute Gasteiger partial charge is 0.497 e. The molecule has 0 saturated carbocycles. The molecule has 1 aromatic carbocycles. The molecule has 19 heavy (non-hydrogen) atoms. The molecule has 0 aromatic heterocycles. The minimum atomic E-state index is -0.857. The smallest absolute Gasteiger partial charge is 0.304 e. The lowest BCUT2D eigenvalue weighted by molar-refractivity contribution is -0.137. The van der Waals surface area contributed by atoms with Gasteiger partial charge in [-0.1, -0.05) is 19.1 Å². The summed E-state index contributed by atoms with van der Waals surface area (Å²) >= 11 is 0. The molecule has 5 heteroatoms. The molecule has 1 rings (SSSR count). The van der Waals surface area contributed by atoms with Crippen LogP contribution in [0.1, 0.15) is 24.9 Å². The van der Waals surface area contributed by atoms with Crippen molar-refractivity contribution in [2.75, 3.05) is 20.2 Å². The molecule has 1 N–H and O–H groups in total. The number of carbonyl (C=O) groups is 1. The van der Waals surface area contributed by atoms with Crippen molar-refractivity contribution in [3.05, 3.63) is 29.8 Å². The molecule has 1 aromatic rings. The second kappa shape index (κ2) is 7.39. The quantitative estimate of drug-likeness (QED) is 0.814.